The van der Waals surface area contributed by atoms with E-state index in [1.54, 1.807) is 0 Å². The van der Waals surface area contributed by atoms with E-state index in [0.29, 0.717) is 63.7 Å². The molecule has 56 heavy (non-hydrogen) atoms. The maximum absolute atomic E-state index is 13.9. The van der Waals surface area contributed by atoms with E-state index in [1.165, 1.54) is 4.90 Å². The van der Waals surface area contributed by atoms with Crippen LogP contribution in [0.3, 0.4) is 0 Å². The number of halogens is 6. The average molecular weight is 786 g/mol. The summed E-state index contributed by atoms with van der Waals surface area (Å²) in [4.78, 5) is 38.4. The van der Waals surface area contributed by atoms with Crippen molar-refractivity contribution in [1.82, 2.24) is 24.5 Å². The second kappa shape index (κ2) is 17.3. The fraction of sp³-hybridized carbons (Fsp3) is 0.524. The number of ether oxygens (including phenoxy) is 1. The molecule has 7 rings (SSSR count). The Balaban J connectivity index is 0.990. The standard InChI is InChI=1S/C42H49F6N5O3/c43-41(44,45)33-26-32(27-34(28-33)42(46,47)48)39(54)53-16-13-36(29-37(53)25-30-7-3-1-4-8-30)50-19-17-49(18-20-50)35-11-14-51(15-12-35)38(31-9-5-2-6-10-31)40(55)52-21-23-56-24-22-52/h1-10,26-28,35-38H,11-25,29H2. The molecule has 3 aromatic carbocycles. The first-order valence-corrected chi connectivity index (χ1v) is 19.6. The largest absolute Gasteiger partial charge is 0.416 e. The summed E-state index contributed by atoms with van der Waals surface area (Å²) in [5.41, 5.74) is -1.65. The SMILES string of the molecule is O=C(C(c1ccccc1)N1CCC(N2CCN(C3CCN(C(=O)c4cc(C(F)(F)F)cc(C(F)(F)F)c4)C(Cc4ccccc4)C3)CC2)CC1)N1CCOCC1. The number of morpholine rings is 1. The van der Waals surface area contributed by atoms with Crippen LogP contribution in [0.5, 0.6) is 0 Å². The maximum Gasteiger partial charge on any atom is 0.416 e. The highest BCUT2D eigenvalue weighted by Gasteiger charge is 2.41. The number of piperazine rings is 1. The van der Waals surface area contributed by atoms with Crippen molar-refractivity contribution in [2.75, 3.05) is 72.1 Å². The number of alkyl halides is 6. The van der Waals surface area contributed by atoms with Gasteiger partial charge in [-0.1, -0.05) is 60.7 Å². The summed E-state index contributed by atoms with van der Waals surface area (Å²) in [7, 11) is 0. The van der Waals surface area contributed by atoms with Gasteiger partial charge in [0.25, 0.3) is 5.91 Å². The second-order valence-corrected chi connectivity index (χ2v) is 15.4. The molecule has 302 valence electrons. The monoisotopic (exact) mass is 785 g/mol. The molecule has 2 amide bonds. The van der Waals surface area contributed by atoms with E-state index in [2.05, 4.69) is 14.7 Å². The van der Waals surface area contributed by atoms with Gasteiger partial charge in [0.1, 0.15) is 6.04 Å². The summed E-state index contributed by atoms with van der Waals surface area (Å²) in [6.07, 6.45) is -6.63. The summed E-state index contributed by atoms with van der Waals surface area (Å²) < 4.78 is 87.7. The van der Waals surface area contributed by atoms with Crippen LogP contribution in [-0.2, 0) is 28.3 Å². The lowest BCUT2D eigenvalue weighted by molar-refractivity contribution is -0.143. The quantitative estimate of drug-likeness (QED) is 0.240. The van der Waals surface area contributed by atoms with Crippen LogP contribution in [0.15, 0.2) is 78.9 Å². The summed E-state index contributed by atoms with van der Waals surface area (Å²) in [6.45, 7) is 7.53. The molecule has 0 N–H and O–H groups in total. The Labute approximate surface area is 324 Å². The Morgan fingerprint density at radius 1 is 0.661 bits per heavy atom. The topological polar surface area (TPSA) is 59.6 Å². The molecule has 8 nitrogen and oxygen atoms in total. The third-order valence-electron chi connectivity index (χ3n) is 12.0. The van der Waals surface area contributed by atoms with Crippen molar-refractivity contribution in [3.05, 3.63) is 107 Å². The fourth-order valence-corrected chi connectivity index (χ4v) is 9.03. The predicted octanol–water partition coefficient (Wildman–Crippen LogP) is 6.62. The lowest BCUT2D eigenvalue weighted by Crippen LogP contribution is -2.59. The number of carbonyl (C=O) groups is 2. The Hall–Kier alpha value is -3.98. The van der Waals surface area contributed by atoms with Crippen LogP contribution in [0.4, 0.5) is 26.3 Å². The average Bonchev–Trinajstić information content (AvgIpc) is 3.21. The van der Waals surface area contributed by atoms with Crippen LogP contribution >= 0.6 is 0 Å². The molecule has 4 fully saturated rings. The Morgan fingerprint density at radius 3 is 1.77 bits per heavy atom. The van der Waals surface area contributed by atoms with Crippen molar-refractivity contribution in [2.45, 2.75) is 68.6 Å². The summed E-state index contributed by atoms with van der Waals surface area (Å²) in [5, 5.41) is 0. The molecular formula is C42H49F6N5O3. The number of amides is 2. The van der Waals surface area contributed by atoms with Crippen molar-refractivity contribution in [3.63, 3.8) is 0 Å². The molecule has 0 bridgehead atoms. The maximum atomic E-state index is 13.9. The molecule has 0 radical (unpaired) electrons. The van der Waals surface area contributed by atoms with Gasteiger partial charge in [-0.2, -0.15) is 26.3 Å². The molecule has 3 aromatic rings. The van der Waals surface area contributed by atoms with Crippen molar-refractivity contribution in [3.8, 4) is 0 Å². The first-order chi connectivity index (χ1) is 26.8. The van der Waals surface area contributed by atoms with Crippen LogP contribution in [-0.4, -0.2) is 127 Å². The van der Waals surface area contributed by atoms with Crippen LogP contribution in [0.1, 0.15) is 64.3 Å². The number of hydrogen-bond donors (Lipinski definition) is 0. The van der Waals surface area contributed by atoms with Gasteiger partial charge in [0.05, 0.1) is 24.3 Å². The Bertz CT molecular complexity index is 1740. The highest BCUT2D eigenvalue weighted by atomic mass is 19.4. The van der Waals surface area contributed by atoms with Gasteiger partial charge in [0, 0.05) is 82.6 Å². The van der Waals surface area contributed by atoms with Crippen molar-refractivity contribution in [2.24, 2.45) is 0 Å². The van der Waals surface area contributed by atoms with Crippen LogP contribution in [0, 0.1) is 0 Å². The zero-order chi connectivity index (χ0) is 39.5. The second-order valence-electron chi connectivity index (χ2n) is 15.4. The number of carbonyl (C=O) groups excluding carboxylic acids is 2. The number of rotatable bonds is 8. The summed E-state index contributed by atoms with van der Waals surface area (Å²) in [5.74, 6) is -0.691. The van der Waals surface area contributed by atoms with Crippen molar-refractivity contribution in [1.29, 1.82) is 0 Å². The number of hydrogen-bond acceptors (Lipinski definition) is 6. The van der Waals surface area contributed by atoms with Crippen LogP contribution in [0.25, 0.3) is 0 Å². The van der Waals surface area contributed by atoms with E-state index in [1.807, 2.05) is 65.6 Å². The van der Waals surface area contributed by atoms with E-state index in [4.69, 9.17) is 4.74 Å². The van der Waals surface area contributed by atoms with Crippen molar-refractivity contribution < 1.29 is 40.7 Å². The molecule has 0 saturated carbocycles. The van der Waals surface area contributed by atoms with E-state index in [0.717, 1.165) is 63.2 Å². The molecule has 3 atom stereocenters. The zero-order valence-electron chi connectivity index (χ0n) is 31.4. The Morgan fingerprint density at radius 2 is 1.20 bits per heavy atom. The molecule has 14 heteroatoms. The van der Waals surface area contributed by atoms with E-state index in [-0.39, 0.29) is 30.6 Å². The van der Waals surface area contributed by atoms with Gasteiger partial charge in [-0.05, 0) is 61.4 Å². The lowest BCUT2D eigenvalue weighted by Gasteiger charge is -2.48. The number of nitrogens with zero attached hydrogens (tertiary/aromatic N) is 5. The van der Waals surface area contributed by atoms with Crippen molar-refractivity contribution >= 4 is 11.8 Å². The highest BCUT2D eigenvalue weighted by Crippen LogP contribution is 2.38. The first kappa shape index (κ1) is 40.2. The summed E-state index contributed by atoms with van der Waals surface area (Å²) in [6, 6.07) is 20.4. The molecule has 0 aliphatic carbocycles. The highest BCUT2D eigenvalue weighted by molar-refractivity contribution is 5.95. The van der Waals surface area contributed by atoms with Crippen LogP contribution < -0.4 is 0 Å². The van der Waals surface area contributed by atoms with E-state index >= 15 is 0 Å². The minimum absolute atomic E-state index is 0.0581. The molecule has 4 heterocycles. The normalized spacial score (nSPS) is 23.2. The van der Waals surface area contributed by atoms with E-state index in [9.17, 15) is 35.9 Å². The third-order valence-corrected chi connectivity index (χ3v) is 12.0. The van der Waals surface area contributed by atoms with Crippen LogP contribution in [0.2, 0.25) is 0 Å². The van der Waals surface area contributed by atoms with Gasteiger partial charge >= 0.3 is 12.4 Å². The fourth-order valence-electron chi connectivity index (χ4n) is 9.03. The van der Waals surface area contributed by atoms with E-state index < -0.39 is 41.0 Å². The summed E-state index contributed by atoms with van der Waals surface area (Å²) >= 11 is 0. The molecule has 3 unspecified atom stereocenters. The van der Waals surface area contributed by atoms with Gasteiger partial charge in [-0.3, -0.25) is 24.3 Å². The van der Waals surface area contributed by atoms with Gasteiger partial charge in [-0.25, -0.2) is 0 Å². The lowest BCUT2D eigenvalue weighted by atomic mass is 9.89. The Kier molecular flexibility index (Phi) is 12.4. The van der Waals surface area contributed by atoms with Gasteiger partial charge in [0.2, 0.25) is 5.91 Å². The third kappa shape index (κ3) is 9.41. The first-order valence-electron chi connectivity index (χ1n) is 19.6. The smallest absolute Gasteiger partial charge is 0.378 e. The molecule has 0 spiro atoms. The van der Waals surface area contributed by atoms with Gasteiger partial charge < -0.3 is 14.5 Å². The zero-order valence-corrected chi connectivity index (χ0v) is 31.4. The minimum atomic E-state index is -5.04. The molecule has 4 saturated heterocycles. The molecular weight excluding hydrogens is 736 g/mol. The molecule has 0 aromatic heterocycles. The molecule has 4 aliphatic rings. The molecule has 4 aliphatic heterocycles. The minimum Gasteiger partial charge on any atom is -0.378 e. The predicted molar refractivity (Wildman–Crippen MR) is 199 cm³/mol. The van der Waals surface area contributed by atoms with Gasteiger partial charge in [0.15, 0.2) is 0 Å². The number of benzene rings is 3. The number of likely N-dealkylation sites (tertiary alicyclic amines) is 2. The number of piperidine rings is 2. The van der Waals surface area contributed by atoms with Gasteiger partial charge in [-0.15, -0.1) is 0 Å².